The molecule has 0 N–H and O–H groups in total. The molecule has 32 heavy (non-hydrogen) atoms. The Kier molecular flexibility index (Phi) is 5.55. The van der Waals surface area contributed by atoms with Crippen LogP contribution in [0.3, 0.4) is 0 Å². The smallest absolute Gasteiger partial charge is 0.342 e. The van der Waals surface area contributed by atoms with E-state index < -0.39 is 11.7 Å². The van der Waals surface area contributed by atoms with Gasteiger partial charge >= 0.3 is 6.18 Å². The average Bonchev–Trinajstić information content (AvgIpc) is 3.55. The standard InChI is InChI=1S/C27H30F3NO/c1-17-15-22(18-11-13-31(14-12-18)26(32)20-6-7-20)9-8-21(17)16-23-10-5-19-3-2-4-24(25(19)23)27(28,29)30/h2-4,8-9,15,18,20,23H,5-7,10-14,16H2,1H3. The summed E-state index contributed by atoms with van der Waals surface area (Å²) in [6, 6.07) is 11.1. The third-order valence-electron chi connectivity index (χ3n) is 7.71. The van der Waals surface area contributed by atoms with Crippen LogP contribution in [0.5, 0.6) is 0 Å². The molecule has 1 amide bonds. The molecule has 3 aliphatic rings. The third-order valence-corrected chi connectivity index (χ3v) is 7.71. The van der Waals surface area contributed by atoms with E-state index >= 15 is 0 Å². The second kappa shape index (κ2) is 8.24. The average molecular weight is 442 g/mol. The highest BCUT2D eigenvalue weighted by Gasteiger charge is 2.38. The van der Waals surface area contributed by atoms with E-state index in [-0.39, 0.29) is 11.8 Å². The van der Waals surface area contributed by atoms with Crippen LogP contribution in [0.25, 0.3) is 0 Å². The van der Waals surface area contributed by atoms with Crippen molar-refractivity contribution in [3.8, 4) is 0 Å². The lowest BCUT2D eigenvalue weighted by Gasteiger charge is -2.32. The van der Waals surface area contributed by atoms with Crippen LogP contribution in [-0.4, -0.2) is 23.9 Å². The monoisotopic (exact) mass is 441 g/mol. The molecular weight excluding hydrogens is 411 g/mol. The van der Waals surface area contributed by atoms with Crippen molar-refractivity contribution in [2.45, 2.75) is 69.9 Å². The lowest BCUT2D eigenvalue weighted by molar-refractivity contribution is -0.138. The molecule has 170 valence electrons. The number of hydrogen-bond donors (Lipinski definition) is 0. The van der Waals surface area contributed by atoms with E-state index in [0.29, 0.717) is 23.8 Å². The van der Waals surface area contributed by atoms with Crippen molar-refractivity contribution in [2.24, 2.45) is 5.92 Å². The van der Waals surface area contributed by atoms with Crippen molar-refractivity contribution in [2.75, 3.05) is 13.1 Å². The van der Waals surface area contributed by atoms with Crippen LogP contribution < -0.4 is 0 Å². The third kappa shape index (κ3) is 4.18. The van der Waals surface area contributed by atoms with Gasteiger partial charge in [0.05, 0.1) is 5.56 Å². The summed E-state index contributed by atoms with van der Waals surface area (Å²) in [5, 5.41) is 0. The Morgan fingerprint density at radius 3 is 2.44 bits per heavy atom. The molecule has 5 heteroatoms. The zero-order chi connectivity index (χ0) is 22.5. The normalized spacial score (nSPS) is 21.6. The number of likely N-dealkylation sites (tertiary alicyclic amines) is 1. The predicted molar refractivity (Wildman–Crippen MR) is 119 cm³/mol. The molecular formula is C27H30F3NO. The van der Waals surface area contributed by atoms with Crippen LogP contribution in [0.15, 0.2) is 36.4 Å². The number of rotatable bonds is 4. The summed E-state index contributed by atoms with van der Waals surface area (Å²) in [6.07, 6.45) is 1.93. The fraction of sp³-hybridized carbons (Fsp3) is 0.519. The van der Waals surface area contributed by atoms with Crippen molar-refractivity contribution >= 4 is 5.91 Å². The summed E-state index contributed by atoms with van der Waals surface area (Å²) in [4.78, 5) is 14.3. The second-order valence-corrected chi connectivity index (χ2v) is 9.88. The second-order valence-electron chi connectivity index (χ2n) is 9.88. The Balaban J connectivity index is 1.28. The van der Waals surface area contributed by atoms with Gasteiger partial charge in [-0.05, 0) is 97.6 Å². The fourth-order valence-electron chi connectivity index (χ4n) is 5.73. The first-order valence-corrected chi connectivity index (χ1v) is 11.9. The summed E-state index contributed by atoms with van der Waals surface area (Å²) in [5.41, 5.74) is 4.51. The Morgan fingerprint density at radius 2 is 1.78 bits per heavy atom. The van der Waals surface area contributed by atoms with Gasteiger partial charge in [-0.2, -0.15) is 13.2 Å². The molecule has 0 radical (unpaired) electrons. The van der Waals surface area contributed by atoms with Gasteiger partial charge < -0.3 is 4.90 Å². The quantitative estimate of drug-likeness (QED) is 0.537. The predicted octanol–water partition coefficient (Wildman–Crippen LogP) is 6.40. The van der Waals surface area contributed by atoms with Crippen LogP contribution in [-0.2, 0) is 23.8 Å². The maximum atomic E-state index is 13.6. The zero-order valence-corrected chi connectivity index (χ0v) is 18.5. The minimum absolute atomic E-state index is 0.0796. The van der Waals surface area contributed by atoms with Crippen molar-refractivity contribution in [1.29, 1.82) is 0 Å². The van der Waals surface area contributed by atoms with Crippen molar-refractivity contribution in [1.82, 2.24) is 4.90 Å². The van der Waals surface area contributed by atoms with E-state index in [1.54, 1.807) is 0 Å². The van der Waals surface area contributed by atoms with Crippen molar-refractivity contribution in [3.05, 3.63) is 69.8 Å². The van der Waals surface area contributed by atoms with Gasteiger partial charge in [0.2, 0.25) is 5.91 Å². The lowest BCUT2D eigenvalue weighted by Crippen LogP contribution is -2.38. The molecule has 1 heterocycles. The fourth-order valence-corrected chi connectivity index (χ4v) is 5.73. The highest BCUT2D eigenvalue weighted by atomic mass is 19.4. The lowest BCUT2D eigenvalue weighted by atomic mass is 9.85. The number of nitrogens with zero attached hydrogens (tertiary/aromatic N) is 1. The van der Waals surface area contributed by atoms with E-state index in [2.05, 4.69) is 25.1 Å². The Morgan fingerprint density at radius 1 is 1.03 bits per heavy atom. The Hall–Kier alpha value is -2.30. The molecule has 1 saturated heterocycles. The summed E-state index contributed by atoms with van der Waals surface area (Å²) in [5.74, 6) is 0.996. The summed E-state index contributed by atoms with van der Waals surface area (Å²) in [6.45, 7) is 3.75. The number of benzene rings is 2. The van der Waals surface area contributed by atoms with Gasteiger partial charge in [0.1, 0.15) is 0 Å². The molecule has 1 atom stereocenters. The van der Waals surface area contributed by atoms with Crippen LogP contribution in [0.1, 0.15) is 77.3 Å². The van der Waals surface area contributed by atoms with E-state index in [1.807, 2.05) is 11.0 Å². The number of alkyl halides is 3. The molecule has 0 aromatic heterocycles. The molecule has 0 spiro atoms. The van der Waals surface area contributed by atoms with Gasteiger partial charge in [0, 0.05) is 19.0 Å². The topological polar surface area (TPSA) is 20.3 Å². The largest absolute Gasteiger partial charge is 0.416 e. The number of halogens is 3. The van der Waals surface area contributed by atoms with Crippen molar-refractivity contribution in [3.63, 3.8) is 0 Å². The van der Waals surface area contributed by atoms with Crippen molar-refractivity contribution < 1.29 is 18.0 Å². The number of amides is 1. The molecule has 2 aromatic rings. The molecule has 2 nitrogen and oxygen atoms in total. The molecule has 1 saturated carbocycles. The Bertz CT molecular complexity index is 1020. The van der Waals surface area contributed by atoms with Gasteiger partial charge in [-0.1, -0.05) is 30.3 Å². The number of carbonyl (C=O) groups is 1. The minimum atomic E-state index is -4.30. The molecule has 1 aliphatic heterocycles. The molecule has 2 fully saturated rings. The zero-order valence-electron chi connectivity index (χ0n) is 18.5. The van der Waals surface area contributed by atoms with E-state index in [9.17, 15) is 18.0 Å². The van der Waals surface area contributed by atoms with Gasteiger partial charge in [-0.15, -0.1) is 0 Å². The minimum Gasteiger partial charge on any atom is -0.342 e. The first-order chi connectivity index (χ1) is 15.3. The maximum Gasteiger partial charge on any atom is 0.416 e. The number of carbonyl (C=O) groups excluding carboxylic acids is 1. The molecule has 2 aromatic carbocycles. The summed E-state index contributed by atoms with van der Waals surface area (Å²) >= 11 is 0. The van der Waals surface area contributed by atoms with Gasteiger partial charge in [-0.3, -0.25) is 4.79 Å². The highest BCUT2D eigenvalue weighted by Crippen LogP contribution is 2.44. The van der Waals surface area contributed by atoms with E-state index in [0.717, 1.165) is 68.3 Å². The van der Waals surface area contributed by atoms with Crippen LogP contribution in [0, 0.1) is 12.8 Å². The van der Waals surface area contributed by atoms with Gasteiger partial charge in [0.15, 0.2) is 0 Å². The first kappa shape index (κ1) is 21.5. The van der Waals surface area contributed by atoms with Gasteiger partial charge in [0.25, 0.3) is 0 Å². The van der Waals surface area contributed by atoms with Crippen LogP contribution >= 0.6 is 0 Å². The molecule has 1 unspecified atom stereocenters. The number of hydrogen-bond acceptors (Lipinski definition) is 1. The molecule has 5 rings (SSSR count). The molecule has 0 bridgehead atoms. The number of aryl methyl sites for hydroxylation is 2. The SMILES string of the molecule is Cc1cc(C2CCN(C(=O)C3CC3)CC2)ccc1CC1CCc2cccc(C(F)(F)F)c21. The summed E-state index contributed by atoms with van der Waals surface area (Å²) < 4.78 is 40.8. The van der Waals surface area contributed by atoms with Crippen LogP contribution in [0.2, 0.25) is 0 Å². The van der Waals surface area contributed by atoms with E-state index in [4.69, 9.17) is 0 Å². The maximum absolute atomic E-state index is 13.6. The summed E-state index contributed by atoms with van der Waals surface area (Å²) in [7, 11) is 0. The first-order valence-electron chi connectivity index (χ1n) is 11.9. The molecule has 2 aliphatic carbocycles. The Labute approximate surface area is 187 Å². The van der Waals surface area contributed by atoms with Gasteiger partial charge in [-0.25, -0.2) is 0 Å². The van der Waals surface area contributed by atoms with E-state index in [1.165, 1.54) is 17.7 Å². The highest BCUT2D eigenvalue weighted by molar-refractivity contribution is 5.81. The number of piperidine rings is 1. The van der Waals surface area contributed by atoms with Crippen LogP contribution in [0.4, 0.5) is 13.2 Å². The number of fused-ring (bicyclic) bond motifs is 1.